The van der Waals surface area contributed by atoms with Crippen LogP contribution in [0.4, 0.5) is 0 Å². The molecule has 8 heteroatoms. The van der Waals surface area contributed by atoms with Gasteiger partial charge < -0.3 is 0 Å². The molecule has 2 rings (SSSR count). The Morgan fingerprint density at radius 1 is 0.714 bits per heavy atom. The molecular formula is C20H28O6S2. The second-order valence-corrected chi connectivity index (χ2v) is 9.90. The molecule has 2 aromatic rings. The maximum Gasteiger partial charge on any atom is 0.295 e. The van der Waals surface area contributed by atoms with Crippen molar-refractivity contribution >= 4 is 31.0 Å². The Hall–Kier alpha value is -1.48. The van der Waals surface area contributed by atoms with E-state index >= 15 is 0 Å². The maximum atomic E-state index is 11.8. The number of hydrogen-bond donors (Lipinski definition) is 2. The predicted molar refractivity (Wildman–Crippen MR) is 110 cm³/mol. The van der Waals surface area contributed by atoms with Gasteiger partial charge >= 0.3 is 0 Å². The van der Waals surface area contributed by atoms with Gasteiger partial charge in [0.1, 0.15) is 9.79 Å². The smallest absolute Gasteiger partial charge is 0.282 e. The molecule has 0 aliphatic heterocycles. The minimum absolute atomic E-state index is 0.0669. The molecule has 2 aromatic carbocycles. The van der Waals surface area contributed by atoms with Gasteiger partial charge in [0.05, 0.1) is 0 Å². The van der Waals surface area contributed by atoms with Crippen LogP contribution in [0.1, 0.15) is 63.9 Å². The molecular weight excluding hydrogens is 400 g/mol. The minimum Gasteiger partial charge on any atom is -0.282 e. The molecule has 0 aromatic heterocycles. The van der Waals surface area contributed by atoms with E-state index in [1.165, 1.54) is 56.4 Å². The van der Waals surface area contributed by atoms with Crippen molar-refractivity contribution in [3.05, 3.63) is 35.9 Å². The molecule has 0 spiro atoms. The first-order valence-corrected chi connectivity index (χ1v) is 12.5. The molecule has 2 N–H and O–H groups in total. The van der Waals surface area contributed by atoms with E-state index in [2.05, 4.69) is 6.92 Å². The molecule has 0 saturated heterocycles. The summed E-state index contributed by atoms with van der Waals surface area (Å²) >= 11 is 0. The fraction of sp³-hybridized carbons (Fsp3) is 0.500. The average molecular weight is 429 g/mol. The zero-order chi connectivity index (χ0) is 20.8. The van der Waals surface area contributed by atoms with Gasteiger partial charge in [0.2, 0.25) is 0 Å². The van der Waals surface area contributed by atoms with Gasteiger partial charge in [0.15, 0.2) is 0 Å². The van der Waals surface area contributed by atoms with Gasteiger partial charge in [0.25, 0.3) is 20.2 Å². The Bertz CT molecular complexity index is 1010. The molecule has 0 heterocycles. The highest BCUT2D eigenvalue weighted by atomic mass is 32.2. The van der Waals surface area contributed by atoms with E-state index in [9.17, 15) is 25.9 Å². The summed E-state index contributed by atoms with van der Waals surface area (Å²) in [5.41, 5.74) is 0.613. The fourth-order valence-electron chi connectivity index (χ4n) is 3.43. The molecule has 0 aliphatic rings. The fourth-order valence-corrected chi connectivity index (χ4v) is 4.88. The molecule has 0 amide bonds. The summed E-state index contributed by atoms with van der Waals surface area (Å²) < 4.78 is 66.0. The number of aryl methyl sites for hydroxylation is 1. The normalized spacial score (nSPS) is 12.5. The molecule has 28 heavy (non-hydrogen) atoms. The standard InChI is InChI=1S/C20H28O6S2/c1-2-3-4-5-6-7-8-9-11-16-14-18-17(20(15-16)28(24,25)26)12-10-13-19(18)27(21,22)23/h10,12-15H,2-9,11H2,1H3,(H,21,22,23)(H,24,25,26). The highest BCUT2D eigenvalue weighted by Gasteiger charge is 2.20. The largest absolute Gasteiger partial charge is 0.295 e. The van der Waals surface area contributed by atoms with Gasteiger partial charge in [-0.2, -0.15) is 16.8 Å². The Labute approximate surface area is 167 Å². The van der Waals surface area contributed by atoms with E-state index in [1.807, 2.05) is 0 Å². The van der Waals surface area contributed by atoms with Crippen molar-refractivity contribution in [3.63, 3.8) is 0 Å². The molecule has 156 valence electrons. The number of hydrogen-bond acceptors (Lipinski definition) is 4. The zero-order valence-corrected chi connectivity index (χ0v) is 17.7. The van der Waals surface area contributed by atoms with Crippen LogP contribution in [0.2, 0.25) is 0 Å². The summed E-state index contributed by atoms with van der Waals surface area (Å²) in [6, 6.07) is 6.91. The van der Waals surface area contributed by atoms with E-state index in [4.69, 9.17) is 0 Å². The highest BCUT2D eigenvalue weighted by molar-refractivity contribution is 7.86. The van der Waals surface area contributed by atoms with E-state index in [0.29, 0.717) is 12.0 Å². The van der Waals surface area contributed by atoms with Crippen molar-refractivity contribution in [3.8, 4) is 0 Å². The number of rotatable bonds is 11. The lowest BCUT2D eigenvalue weighted by Crippen LogP contribution is -2.04. The van der Waals surface area contributed by atoms with Crippen LogP contribution in [-0.2, 0) is 26.7 Å². The Kier molecular flexibility index (Phi) is 8.00. The van der Waals surface area contributed by atoms with E-state index in [-0.39, 0.29) is 20.6 Å². The molecule has 0 aliphatic carbocycles. The topological polar surface area (TPSA) is 109 Å². The van der Waals surface area contributed by atoms with Gasteiger partial charge in [0, 0.05) is 10.8 Å². The third-order valence-electron chi connectivity index (χ3n) is 4.85. The second-order valence-electron chi connectivity index (χ2n) is 7.12. The van der Waals surface area contributed by atoms with E-state index in [0.717, 1.165) is 19.3 Å². The van der Waals surface area contributed by atoms with Crippen LogP contribution in [-0.4, -0.2) is 25.9 Å². The lowest BCUT2D eigenvalue weighted by molar-refractivity contribution is 0.481. The van der Waals surface area contributed by atoms with Crippen LogP contribution in [0.5, 0.6) is 0 Å². The van der Waals surface area contributed by atoms with Crippen molar-refractivity contribution in [1.29, 1.82) is 0 Å². The summed E-state index contributed by atoms with van der Waals surface area (Å²) in [6.07, 6.45) is 9.58. The van der Waals surface area contributed by atoms with Crippen LogP contribution < -0.4 is 0 Å². The summed E-state index contributed by atoms with van der Waals surface area (Å²) in [5.74, 6) is 0. The summed E-state index contributed by atoms with van der Waals surface area (Å²) in [6.45, 7) is 2.18. The molecule has 6 nitrogen and oxygen atoms in total. The van der Waals surface area contributed by atoms with Crippen molar-refractivity contribution in [2.24, 2.45) is 0 Å². The summed E-state index contributed by atoms with van der Waals surface area (Å²) in [7, 11) is -9.06. The Balaban J connectivity index is 2.23. The van der Waals surface area contributed by atoms with Gasteiger partial charge in [-0.1, -0.05) is 64.0 Å². The minimum atomic E-state index is -4.54. The van der Waals surface area contributed by atoms with Crippen LogP contribution in [0.25, 0.3) is 10.8 Å². The molecule has 0 atom stereocenters. The number of benzene rings is 2. The van der Waals surface area contributed by atoms with Crippen molar-refractivity contribution in [2.45, 2.75) is 74.5 Å². The van der Waals surface area contributed by atoms with Crippen LogP contribution in [0.3, 0.4) is 0 Å². The number of fused-ring (bicyclic) bond motifs is 1. The molecule has 0 fully saturated rings. The second kappa shape index (κ2) is 9.82. The molecule has 0 unspecified atom stereocenters. The Morgan fingerprint density at radius 2 is 1.29 bits per heavy atom. The van der Waals surface area contributed by atoms with Gasteiger partial charge in [-0.3, -0.25) is 9.11 Å². The monoisotopic (exact) mass is 428 g/mol. The van der Waals surface area contributed by atoms with Crippen molar-refractivity contribution in [2.75, 3.05) is 0 Å². The summed E-state index contributed by atoms with van der Waals surface area (Å²) in [5, 5.41) is 0.159. The molecule has 0 radical (unpaired) electrons. The third-order valence-corrected chi connectivity index (χ3v) is 6.66. The van der Waals surface area contributed by atoms with Crippen LogP contribution in [0, 0.1) is 0 Å². The van der Waals surface area contributed by atoms with E-state index in [1.54, 1.807) is 6.07 Å². The first kappa shape index (κ1) is 22.8. The lowest BCUT2D eigenvalue weighted by Gasteiger charge is -2.11. The predicted octanol–water partition coefficient (Wildman–Crippen LogP) is 5.02. The maximum absolute atomic E-state index is 11.8. The van der Waals surface area contributed by atoms with Crippen LogP contribution in [0.15, 0.2) is 40.1 Å². The third kappa shape index (κ3) is 6.27. The quantitative estimate of drug-likeness (QED) is 0.384. The average Bonchev–Trinajstić information content (AvgIpc) is 2.61. The first-order chi connectivity index (χ1) is 13.1. The van der Waals surface area contributed by atoms with Crippen molar-refractivity contribution < 1.29 is 25.9 Å². The molecule has 0 bridgehead atoms. The van der Waals surface area contributed by atoms with Crippen LogP contribution >= 0.6 is 0 Å². The molecule has 0 saturated carbocycles. The number of unbranched alkanes of at least 4 members (excludes halogenated alkanes) is 7. The highest BCUT2D eigenvalue weighted by Crippen LogP contribution is 2.30. The first-order valence-electron chi connectivity index (χ1n) is 9.65. The van der Waals surface area contributed by atoms with Gasteiger partial charge in [-0.05, 0) is 36.6 Å². The van der Waals surface area contributed by atoms with E-state index < -0.39 is 20.2 Å². The van der Waals surface area contributed by atoms with Crippen molar-refractivity contribution in [1.82, 2.24) is 0 Å². The SMILES string of the molecule is CCCCCCCCCCc1cc(S(=O)(=O)O)c2cccc(S(=O)(=O)O)c2c1. The summed E-state index contributed by atoms with van der Waals surface area (Å²) in [4.78, 5) is -0.710. The van der Waals surface area contributed by atoms with Gasteiger partial charge in [-0.25, -0.2) is 0 Å². The Morgan fingerprint density at radius 3 is 1.86 bits per heavy atom. The zero-order valence-electron chi connectivity index (χ0n) is 16.1. The van der Waals surface area contributed by atoms with Gasteiger partial charge in [-0.15, -0.1) is 0 Å². The lowest BCUT2D eigenvalue weighted by atomic mass is 10.0.